The average molecular weight is 332 g/mol. The number of amides is 2. The Morgan fingerprint density at radius 1 is 1.17 bits per heavy atom. The summed E-state index contributed by atoms with van der Waals surface area (Å²) in [5.74, 6) is -1.99. The molecular formula is C16H16N2O6. The summed E-state index contributed by atoms with van der Waals surface area (Å²) < 4.78 is 10.8. The number of benzene rings is 1. The van der Waals surface area contributed by atoms with E-state index in [9.17, 15) is 14.4 Å². The molecule has 1 aromatic heterocycles. The van der Waals surface area contributed by atoms with Crippen molar-refractivity contribution in [2.45, 2.75) is 19.1 Å². The maximum Gasteiger partial charge on any atom is 0.326 e. The van der Waals surface area contributed by atoms with Crippen LogP contribution in [-0.2, 0) is 16.2 Å². The van der Waals surface area contributed by atoms with Crippen molar-refractivity contribution in [3.63, 3.8) is 0 Å². The average Bonchev–Trinajstić information content (AvgIpc) is 3.02. The van der Waals surface area contributed by atoms with Crippen LogP contribution < -0.4 is 15.8 Å². The standard InChI is InChI=1S/C16H16N2O6/c17-14(19)8-12(16(21)22)18-15(20)13-7-6-11(24-13)9-23-10-4-2-1-3-5-10/h1-7,12H,8-9H2,(H2,17,19)(H,18,20)(H,21,22)/t12-/m1/s1. The number of hydrogen-bond donors (Lipinski definition) is 3. The Bertz CT molecular complexity index is 725. The van der Waals surface area contributed by atoms with Crippen molar-refractivity contribution in [3.05, 3.63) is 54.0 Å². The first-order valence-corrected chi connectivity index (χ1v) is 7.04. The van der Waals surface area contributed by atoms with Crippen LogP contribution in [0.15, 0.2) is 46.9 Å². The second-order valence-electron chi connectivity index (χ2n) is 4.90. The molecule has 1 heterocycles. The van der Waals surface area contributed by atoms with Crippen LogP contribution in [0.4, 0.5) is 0 Å². The first-order valence-electron chi connectivity index (χ1n) is 7.04. The van der Waals surface area contributed by atoms with Crippen molar-refractivity contribution in [2.75, 3.05) is 0 Å². The SMILES string of the molecule is NC(=O)C[C@@H](NC(=O)c1ccc(COc2ccccc2)o1)C(=O)O. The second-order valence-corrected chi connectivity index (χ2v) is 4.90. The Morgan fingerprint density at radius 3 is 2.50 bits per heavy atom. The molecule has 0 fully saturated rings. The number of carbonyl (C=O) groups is 3. The van der Waals surface area contributed by atoms with Gasteiger partial charge in [-0.3, -0.25) is 9.59 Å². The minimum absolute atomic E-state index is 0.0858. The third-order valence-electron chi connectivity index (χ3n) is 3.02. The fourth-order valence-electron chi connectivity index (χ4n) is 1.88. The number of carboxylic acids is 1. The molecule has 0 unspecified atom stereocenters. The van der Waals surface area contributed by atoms with Crippen molar-refractivity contribution in [1.82, 2.24) is 5.32 Å². The zero-order valence-corrected chi connectivity index (χ0v) is 12.6. The highest BCUT2D eigenvalue weighted by atomic mass is 16.5. The number of ether oxygens (including phenoxy) is 1. The highest BCUT2D eigenvalue weighted by molar-refractivity contribution is 5.95. The van der Waals surface area contributed by atoms with Crippen LogP contribution in [0.25, 0.3) is 0 Å². The number of carbonyl (C=O) groups excluding carboxylic acids is 2. The third-order valence-corrected chi connectivity index (χ3v) is 3.02. The quantitative estimate of drug-likeness (QED) is 0.658. The van der Waals surface area contributed by atoms with E-state index in [1.165, 1.54) is 6.07 Å². The number of primary amides is 1. The van der Waals surface area contributed by atoms with Crippen LogP contribution in [0.3, 0.4) is 0 Å². The molecule has 0 radical (unpaired) electrons. The van der Waals surface area contributed by atoms with Gasteiger partial charge in [-0.15, -0.1) is 0 Å². The van der Waals surface area contributed by atoms with Gasteiger partial charge in [0, 0.05) is 0 Å². The molecule has 0 spiro atoms. The summed E-state index contributed by atoms with van der Waals surface area (Å²) in [6.45, 7) is 0.112. The first-order chi connectivity index (χ1) is 11.5. The van der Waals surface area contributed by atoms with Crippen molar-refractivity contribution < 1.29 is 28.6 Å². The molecule has 24 heavy (non-hydrogen) atoms. The molecule has 126 valence electrons. The van der Waals surface area contributed by atoms with Crippen molar-refractivity contribution in [2.24, 2.45) is 5.73 Å². The third kappa shape index (κ3) is 4.87. The van der Waals surface area contributed by atoms with Crippen LogP contribution >= 0.6 is 0 Å². The molecule has 0 saturated carbocycles. The highest BCUT2D eigenvalue weighted by Gasteiger charge is 2.24. The Kier molecular flexibility index (Phi) is 5.56. The second kappa shape index (κ2) is 7.82. The molecule has 8 nitrogen and oxygen atoms in total. The van der Waals surface area contributed by atoms with Gasteiger partial charge in [-0.1, -0.05) is 18.2 Å². The molecule has 0 saturated heterocycles. The van der Waals surface area contributed by atoms with E-state index < -0.39 is 30.2 Å². The maximum atomic E-state index is 12.0. The zero-order chi connectivity index (χ0) is 17.5. The van der Waals surface area contributed by atoms with Gasteiger partial charge in [0.2, 0.25) is 5.91 Å². The summed E-state index contributed by atoms with van der Waals surface area (Å²) in [5, 5.41) is 11.1. The molecule has 1 aromatic carbocycles. The van der Waals surface area contributed by atoms with Gasteiger partial charge < -0.3 is 25.3 Å². The Hall–Kier alpha value is -3.29. The van der Waals surface area contributed by atoms with E-state index in [0.717, 1.165) is 0 Å². The lowest BCUT2D eigenvalue weighted by Gasteiger charge is -2.11. The van der Waals surface area contributed by atoms with E-state index in [4.69, 9.17) is 20.0 Å². The number of furan rings is 1. The largest absolute Gasteiger partial charge is 0.486 e. The lowest BCUT2D eigenvalue weighted by Crippen LogP contribution is -2.43. The van der Waals surface area contributed by atoms with E-state index >= 15 is 0 Å². The Morgan fingerprint density at radius 2 is 1.88 bits per heavy atom. The summed E-state index contributed by atoms with van der Waals surface area (Å²) in [5.41, 5.74) is 4.95. The number of para-hydroxylation sites is 1. The minimum atomic E-state index is -1.41. The minimum Gasteiger partial charge on any atom is -0.486 e. The molecule has 8 heteroatoms. The molecule has 2 aromatic rings. The maximum absolute atomic E-state index is 12.0. The van der Waals surface area contributed by atoms with Gasteiger partial charge in [0.25, 0.3) is 5.91 Å². The summed E-state index contributed by atoms with van der Waals surface area (Å²) in [4.78, 5) is 33.8. The summed E-state index contributed by atoms with van der Waals surface area (Å²) in [6, 6.07) is 10.6. The predicted molar refractivity (Wildman–Crippen MR) is 82.2 cm³/mol. The molecule has 2 rings (SSSR count). The van der Waals surface area contributed by atoms with Crippen LogP contribution in [0.5, 0.6) is 5.75 Å². The van der Waals surface area contributed by atoms with Gasteiger partial charge in [0.05, 0.1) is 6.42 Å². The van der Waals surface area contributed by atoms with E-state index in [1.807, 2.05) is 18.2 Å². The monoisotopic (exact) mass is 332 g/mol. The van der Waals surface area contributed by atoms with E-state index in [1.54, 1.807) is 18.2 Å². The number of rotatable bonds is 8. The normalized spacial score (nSPS) is 11.5. The number of aliphatic carboxylic acids is 1. The number of nitrogens with two attached hydrogens (primary N) is 1. The van der Waals surface area contributed by atoms with E-state index in [0.29, 0.717) is 11.5 Å². The van der Waals surface area contributed by atoms with Gasteiger partial charge in [-0.25, -0.2) is 4.79 Å². The van der Waals surface area contributed by atoms with Crippen LogP contribution in [-0.4, -0.2) is 28.9 Å². The smallest absolute Gasteiger partial charge is 0.326 e. The molecule has 1 atom stereocenters. The lowest BCUT2D eigenvalue weighted by atomic mass is 10.2. The molecule has 0 aliphatic rings. The van der Waals surface area contributed by atoms with Crippen molar-refractivity contribution in [1.29, 1.82) is 0 Å². The van der Waals surface area contributed by atoms with E-state index in [-0.39, 0.29) is 12.4 Å². The number of carboxylic acid groups (broad SMARTS) is 1. The lowest BCUT2D eigenvalue weighted by molar-refractivity contribution is -0.140. The van der Waals surface area contributed by atoms with Gasteiger partial charge in [0.15, 0.2) is 5.76 Å². The predicted octanol–water partition coefficient (Wildman–Crippen LogP) is 0.917. The van der Waals surface area contributed by atoms with Crippen molar-refractivity contribution in [3.8, 4) is 5.75 Å². The summed E-state index contributed by atoms with van der Waals surface area (Å²) in [6.07, 6.45) is -0.508. The fourth-order valence-corrected chi connectivity index (χ4v) is 1.88. The molecular weight excluding hydrogens is 316 g/mol. The van der Waals surface area contributed by atoms with Gasteiger partial charge in [-0.05, 0) is 24.3 Å². The molecule has 0 bridgehead atoms. The summed E-state index contributed by atoms with van der Waals surface area (Å²) >= 11 is 0. The topological polar surface area (TPSA) is 132 Å². The number of nitrogens with one attached hydrogen (secondary N) is 1. The van der Waals surface area contributed by atoms with Gasteiger partial charge in [-0.2, -0.15) is 0 Å². The Balaban J connectivity index is 1.95. The number of hydrogen-bond acceptors (Lipinski definition) is 5. The molecule has 0 aliphatic heterocycles. The van der Waals surface area contributed by atoms with Crippen LogP contribution in [0, 0.1) is 0 Å². The van der Waals surface area contributed by atoms with E-state index in [2.05, 4.69) is 5.32 Å². The molecule has 4 N–H and O–H groups in total. The van der Waals surface area contributed by atoms with Gasteiger partial charge in [0.1, 0.15) is 24.2 Å². The first kappa shape index (κ1) is 17.1. The zero-order valence-electron chi connectivity index (χ0n) is 12.6. The molecule has 0 aliphatic carbocycles. The van der Waals surface area contributed by atoms with Gasteiger partial charge >= 0.3 is 5.97 Å². The molecule has 2 amide bonds. The summed E-state index contributed by atoms with van der Waals surface area (Å²) in [7, 11) is 0. The fraction of sp³-hybridized carbons (Fsp3) is 0.188. The Labute approximate surface area is 137 Å². The highest BCUT2D eigenvalue weighted by Crippen LogP contribution is 2.14. The van der Waals surface area contributed by atoms with Crippen molar-refractivity contribution >= 4 is 17.8 Å². The van der Waals surface area contributed by atoms with Crippen LogP contribution in [0.2, 0.25) is 0 Å². The van der Waals surface area contributed by atoms with Crippen LogP contribution in [0.1, 0.15) is 22.7 Å².